The molecule has 2 saturated carbocycles. The molecule has 1 aromatic carbocycles. The summed E-state index contributed by atoms with van der Waals surface area (Å²) >= 11 is 0. The Labute approximate surface area is 206 Å². The number of nitrogens with one attached hydrogen (secondary N) is 1. The van der Waals surface area contributed by atoms with Crippen molar-refractivity contribution in [3.8, 4) is 12.3 Å². The van der Waals surface area contributed by atoms with Crippen LogP contribution in [-0.4, -0.2) is 41.0 Å². The quantitative estimate of drug-likeness (QED) is 0.637. The Kier molecular flexibility index (Phi) is 4.17. The van der Waals surface area contributed by atoms with E-state index in [-0.39, 0.29) is 35.2 Å². The smallest absolute Gasteiger partial charge is 0.193 e. The van der Waals surface area contributed by atoms with Crippen molar-refractivity contribution in [2.75, 3.05) is 6.61 Å². The fraction of sp³-hybridized carbons (Fsp3) is 0.567. The number of aromatic nitrogens is 1. The SMILES string of the molecule is C#CCO[C@H]1CC2Cc3c([nH]c4ccccc34)[C@]2(C)C2(C)CCC34OC(C(=O)C=C3C12)C(C)(C)O4. The highest BCUT2D eigenvalue weighted by molar-refractivity contribution is 5.97. The van der Waals surface area contributed by atoms with E-state index in [1.165, 1.54) is 22.2 Å². The average Bonchev–Trinajstić information content (AvgIpc) is 3.40. The lowest BCUT2D eigenvalue weighted by Gasteiger charge is -2.63. The first-order valence-electron chi connectivity index (χ1n) is 12.9. The van der Waals surface area contributed by atoms with Crippen molar-refractivity contribution in [2.24, 2.45) is 17.3 Å². The number of carbonyl (C=O) groups is 1. The van der Waals surface area contributed by atoms with Gasteiger partial charge in [-0.2, -0.15) is 0 Å². The normalized spacial score (nSPS) is 42.6. The lowest BCUT2D eigenvalue weighted by atomic mass is 9.43. The van der Waals surface area contributed by atoms with E-state index in [0.717, 1.165) is 31.3 Å². The topological polar surface area (TPSA) is 60.5 Å². The van der Waals surface area contributed by atoms with Crippen LogP contribution in [0.25, 0.3) is 10.9 Å². The van der Waals surface area contributed by atoms with Crippen LogP contribution in [0.3, 0.4) is 0 Å². The van der Waals surface area contributed by atoms with Gasteiger partial charge in [-0.1, -0.05) is 38.0 Å². The molecular weight excluding hydrogens is 438 g/mol. The van der Waals surface area contributed by atoms with Crippen molar-refractivity contribution in [3.05, 3.63) is 47.2 Å². The van der Waals surface area contributed by atoms with Crippen LogP contribution in [0, 0.1) is 29.6 Å². The molecule has 35 heavy (non-hydrogen) atoms. The molecule has 7 rings (SSSR count). The second-order valence-corrected chi connectivity index (χ2v) is 12.3. The van der Waals surface area contributed by atoms with Gasteiger partial charge in [0.1, 0.15) is 12.2 Å². The Morgan fingerprint density at radius 3 is 2.80 bits per heavy atom. The highest BCUT2D eigenvalue weighted by atomic mass is 16.8. The van der Waals surface area contributed by atoms with Crippen molar-refractivity contribution >= 4 is 16.7 Å². The van der Waals surface area contributed by atoms with Gasteiger partial charge in [0.05, 0.1) is 6.10 Å². The monoisotopic (exact) mass is 471 g/mol. The molecule has 3 fully saturated rings. The molecule has 182 valence electrons. The van der Waals surface area contributed by atoms with Gasteiger partial charge in [-0.05, 0) is 67.7 Å². The minimum absolute atomic E-state index is 0.00285. The van der Waals surface area contributed by atoms with Crippen LogP contribution in [0.2, 0.25) is 0 Å². The standard InChI is InChI=1S/C30H33NO4/c1-6-13-33-23-15-17-14-19-18-9-7-8-10-21(18)31-25(19)29(17,5)28(4)11-12-30-20(24(23)28)16-22(32)26(34-30)27(2,3)35-30/h1,7-10,16-17,23-24,26,31H,11-15H2,2-5H3/t17?,23-,24?,26?,28?,29+,30?/m0/s1. The fourth-order valence-electron chi connectivity index (χ4n) is 8.72. The number of ketones is 1. The number of carbonyl (C=O) groups excluding carboxylic acids is 1. The van der Waals surface area contributed by atoms with Crippen LogP contribution >= 0.6 is 0 Å². The zero-order valence-electron chi connectivity index (χ0n) is 20.9. The van der Waals surface area contributed by atoms with Crippen LogP contribution in [0.5, 0.6) is 0 Å². The summed E-state index contributed by atoms with van der Waals surface area (Å²) in [6, 6.07) is 8.63. The van der Waals surface area contributed by atoms with E-state index in [1.807, 2.05) is 19.9 Å². The number of ether oxygens (including phenoxy) is 3. The zero-order chi connectivity index (χ0) is 24.4. The molecule has 2 bridgehead atoms. The average molecular weight is 472 g/mol. The molecule has 1 saturated heterocycles. The summed E-state index contributed by atoms with van der Waals surface area (Å²) in [5, 5.41) is 1.32. The number of benzene rings is 1. The maximum atomic E-state index is 13.3. The minimum Gasteiger partial charge on any atom is -0.365 e. The summed E-state index contributed by atoms with van der Waals surface area (Å²) in [6.07, 6.45) is 10.4. The van der Waals surface area contributed by atoms with E-state index in [1.54, 1.807) is 0 Å². The molecule has 5 aliphatic rings. The first-order chi connectivity index (χ1) is 16.6. The summed E-state index contributed by atoms with van der Waals surface area (Å²) in [5.41, 5.74) is 4.05. The van der Waals surface area contributed by atoms with Crippen LogP contribution in [-0.2, 0) is 30.8 Å². The number of hydrogen-bond donors (Lipinski definition) is 1. The van der Waals surface area contributed by atoms with E-state index in [0.29, 0.717) is 5.92 Å². The molecule has 3 aliphatic carbocycles. The second-order valence-electron chi connectivity index (χ2n) is 12.3. The number of rotatable bonds is 2. The third kappa shape index (κ3) is 2.48. The molecule has 2 aromatic rings. The Balaban J connectivity index is 1.42. The van der Waals surface area contributed by atoms with Crippen molar-refractivity contribution in [3.63, 3.8) is 0 Å². The Morgan fingerprint density at radius 2 is 2.00 bits per heavy atom. The molecule has 1 N–H and O–H groups in total. The number of para-hydroxylation sites is 1. The molecule has 3 heterocycles. The van der Waals surface area contributed by atoms with Gasteiger partial charge in [0, 0.05) is 34.4 Å². The van der Waals surface area contributed by atoms with Gasteiger partial charge in [0.2, 0.25) is 0 Å². The molecule has 2 aliphatic heterocycles. The van der Waals surface area contributed by atoms with Crippen LogP contribution < -0.4 is 0 Å². The molecule has 5 unspecified atom stereocenters. The highest BCUT2D eigenvalue weighted by Crippen LogP contribution is 2.70. The Hall–Kier alpha value is -2.39. The molecule has 0 radical (unpaired) electrons. The second kappa shape index (κ2) is 6.68. The van der Waals surface area contributed by atoms with Crippen LogP contribution in [0.4, 0.5) is 0 Å². The van der Waals surface area contributed by atoms with E-state index in [9.17, 15) is 4.79 Å². The van der Waals surface area contributed by atoms with Crippen LogP contribution in [0.15, 0.2) is 35.9 Å². The molecule has 7 atom stereocenters. The lowest BCUT2D eigenvalue weighted by molar-refractivity contribution is -0.221. The van der Waals surface area contributed by atoms with Crippen molar-refractivity contribution in [1.29, 1.82) is 0 Å². The molecular formula is C30H33NO4. The third-order valence-corrected chi connectivity index (χ3v) is 10.4. The summed E-state index contributed by atoms with van der Waals surface area (Å²) in [4.78, 5) is 17.1. The molecule has 1 aromatic heterocycles. The lowest BCUT2D eigenvalue weighted by Crippen LogP contribution is -2.64. The number of fused-ring (bicyclic) bond motifs is 9. The van der Waals surface area contributed by atoms with Crippen LogP contribution in [0.1, 0.15) is 58.2 Å². The minimum atomic E-state index is -0.852. The number of hydrogen-bond acceptors (Lipinski definition) is 4. The van der Waals surface area contributed by atoms with E-state index in [4.69, 9.17) is 20.6 Å². The maximum Gasteiger partial charge on any atom is 0.193 e. The van der Waals surface area contributed by atoms with Crippen molar-refractivity contribution < 1.29 is 19.0 Å². The van der Waals surface area contributed by atoms with Gasteiger partial charge >= 0.3 is 0 Å². The largest absolute Gasteiger partial charge is 0.365 e. The third-order valence-electron chi connectivity index (χ3n) is 10.4. The molecule has 1 spiro atoms. The van der Waals surface area contributed by atoms with Gasteiger partial charge in [0.15, 0.2) is 17.7 Å². The predicted octanol–water partition coefficient (Wildman–Crippen LogP) is 4.84. The van der Waals surface area contributed by atoms with E-state index < -0.39 is 17.5 Å². The number of aromatic amines is 1. The number of terminal acetylenes is 1. The highest BCUT2D eigenvalue weighted by Gasteiger charge is 2.72. The van der Waals surface area contributed by atoms with E-state index >= 15 is 0 Å². The summed E-state index contributed by atoms with van der Waals surface area (Å²) in [7, 11) is 0. The van der Waals surface area contributed by atoms with Gasteiger partial charge in [-0.15, -0.1) is 6.42 Å². The Bertz CT molecular complexity index is 1350. The first-order valence-corrected chi connectivity index (χ1v) is 12.9. The van der Waals surface area contributed by atoms with Gasteiger partial charge < -0.3 is 19.2 Å². The Morgan fingerprint density at radius 1 is 1.20 bits per heavy atom. The van der Waals surface area contributed by atoms with Gasteiger partial charge in [0.25, 0.3) is 0 Å². The summed E-state index contributed by atoms with van der Waals surface area (Å²) in [5.74, 6) is 2.23. The molecule has 5 heteroatoms. The van der Waals surface area contributed by atoms with Crippen molar-refractivity contribution in [1.82, 2.24) is 4.98 Å². The fourth-order valence-corrected chi connectivity index (χ4v) is 8.72. The van der Waals surface area contributed by atoms with Gasteiger partial charge in [-0.25, -0.2) is 0 Å². The summed E-state index contributed by atoms with van der Waals surface area (Å²) < 4.78 is 19.5. The van der Waals surface area contributed by atoms with E-state index in [2.05, 4.69) is 49.0 Å². The molecule has 5 nitrogen and oxygen atoms in total. The zero-order valence-corrected chi connectivity index (χ0v) is 20.9. The first kappa shape index (κ1) is 21.9. The predicted molar refractivity (Wildman–Crippen MR) is 133 cm³/mol. The number of H-pyrrole nitrogens is 1. The maximum absolute atomic E-state index is 13.3. The van der Waals surface area contributed by atoms with Gasteiger partial charge in [-0.3, -0.25) is 4.79 Å². The molecule has 0 amide bonds. The van der Waals surface area contributed by atoms with Crippen molar-refractivity contribution in [2.45, 2.75) is 82.4 Å². The summed E-state index contributed by atoms with van der Waals surface area (Å²) in [6.45, 7) is 9.04.